The van der Waals surface area contributed by atoms with Crippen LogP contribution in [0.2, 0.25) is 0 Å². The van der Waals surface area contributed by atoms with Crippen molar-refractivity contribution in [3.8, 4) is 0 Å². The Morgan fingerprint density at radius 2 is 1.82 bits per heavy atom. The molecule has 0 saturated carbocycles. The molecule has 0 saturated heterocycles. The molecular formula is C11H16BrNO3S. The summed E-state index contributed by atoms with van der Waals surface area (Å²) in [7, 11) is -1.97. The van der Waals surface area contributed by atoms with E-state index in [1.165, 1.54) is 7.11 Å². The van der Waals surface area contributed by atoms with Gasteiger partial charge in [0.15, 0.2) is 0 Å². The van der Waals surface area contributed by atoms with Crippen LogP contribution in [0.3, 0.4) is 0 Å². The minimum atomic E-state index is -3.51. The molecule has 0 aliphatic heterocycles. The van der Waals surface area contributed by atoms with Crippen molar-refractivity contribution >= 4 is 26.0 Å². The molecule has 1 N–H and O–H groups in total. The third kappa shape index (κ3) is 4.39. The van der Waals surface area contributed by atoms with E-state index < -0.39 is 15.6 Å². The molecular weight excluding hydrogens is 306 g/mol. The molecule has 0 spiro atoms. The number of ether oxygens (including phenoxy) is 1. The first-order valence-corrected chi connectivity index (χ1v) is 7.33. The van der Waals surface area contributed by atoms with E-state index in [4.69, 9.17) is 4.74 Å². The van der Waals surface area contributed by atoms with Gasteiger partial charge in [-0.05, 0) is 38.1 Å². The van der Waals surface area contributed by atoms with E-state index in [1.807, 2.05) is 0 Å². The minimum absolute atomic E-state index is 0.241. The van der Waals surface area contributed by atoms with Crippen molar-refractivity contribution in [1.29, 1.82) is 0 Å². The number of methoxy groups -OCH3 is 1. The number of sulfonamides is 1. The number of nitrogens with one attached hydrogen (secondary N) is 1. The highest BCUT2D eigenvalue weighted by Crippen LogP contribution is 2.16. The summed E-state index contributed by atoms with van der Waals surface area (Å²) in [6.07, 6.45) is 0. The molecule has 0 radical (unpaired) electrons. The fourth-order valence-electron chi connectivity index (χ4n) is 1.43. The van der Waals surface area contributed by atoms with Crippen LogP contribution in [-0.4, -0.2) is 27.7 Å². The zero-order valence-corrected chi connectivity index (χ0v) is 12.4. The van der Waals surface area contributed by atoms with Gasteiger partial charge in [-0.15, -0.1) is 0 Å². The molecule has 0 atom stereocenters. The van der Waals surface area contributed by atoms with Crippen molar-refractivity contribution in [3.63, 3.8) is 0 Å². The van der Waals surface area contributed by atoms with E-state index in [0.717, 1.165) is 4.47 Å². The predicted octanol–water partition coefficient (Wildman–Crippen LogP) is 2.15. The molecule has 0 unspecified atom stereocenters. The second-order valence-corrected chi connectivity index (χ2v) is 6.97. The Morgan fingerprint density at radius 3 is 2.29 bits per heavy atom. The Labute approximate surface area is 111 Å². The van der Waals surface area contributed by atoms with Gasteiger partial charge < -0.3 is 4.74 Å². The maximum Gasteiger partial charge on any atom is 0.241 e. The number of hydrogen-bond donors (Lipinski definition) is 1. The van der Waals surface area contributed by atoms with Crippen LogP contribution < -0.4 is 4.72 Å². The summed E-state index contributed by atoms with van der Waals surface area (Å²) >= 11 is 3.26. The molecule has 0 bridgehead atoms. The molecule has 0 amide bonds. The van der Waals surface area contributed by atoms with Gasteiger partial charge in [0.25, 0.3) is 0 Å². The predicted molar refractivity (Wildman–Crippen MR) is 70.4 cm³/mol. The Kier molecular flexibility index (Phi) is 4.71. The zero-order chi connectivity index (χ0) is 13.1. The maximum absolute atomic E-state index is 12.1. The summed E-state index contributed by atoms with van der Waals surface area (Å²) in [5, 5.41) is 0. The first-order valence-electron chi connectivity index (χ1n) is 5.05. The van der Waals surface area contributed by atoms with Crippen LogP contribution in [0.1, 0.15) is 13.8 Å². The minimum Gasteiger partial charge on any atom is -0.383 e. The van der Waals surface area contributed by atoms with Crippen molar-refractivity contribution < 1.29 is 13.2 Å². The Balaban J connectivity index is 2.93. The molecule has 1 rings (SSSR count). The number of hydrogen-bond acceptors (Lipinski definition) is 3. The van der Waals surface area contributed by atoms with Crippen molar-refractivity contribution in [2.24, 2.45) is 0 Å². The van der Waals surface area contributed by atoms with Crippen LogP contribution in [-0.2, 0) is 14.8 Å². The molecule has 1 aromatic carbocycles. The molecule has 0 heterocycles. The molecule has 0 aromatic heterocycles. The summed E-state index contributed by atoms with van der Waals surface area (Å²) in [4.78, 5) is 0.241. The van der Waals surface area contributed by atoms with Gasteiger partial charge in [-0.2, -0.15) is 0 Å². The molecule has 6 heteroatoms. The van der Waals surface area contributed by atoms with Crippen molar-refractivity contribution in [2.75, 3.05) is 13.7 Å². The largest absolute Gasteiger partial charge is 0.383 e. The van der Waals surface area contributed by atoms with Gasteiger partial charge in [0.1, 0.15) is 0 Å². The van der Waals surface area contributed by atoms with Gasteiger partial charge in [0, 0.05) is 11.6 Å². The van der Waals surface area contributed by atoms with Gasteiger partial charge in [-0.1, -0.05) is 15.9 Å². The lowest BCUT2D eigenvalue weighted by Gasteiger charge is -2.24. The summed E-state index contributed by atoms with van der Waals surface area (Å²) in [6.45, 7) is 3.85. The summed E-state index contributed by atoms with van der Waals surface area (Å²) < 4.78 is 32.5. The van der Waals surface area contributed by atoms with E-state index in [0.29, 0.717) is 6.61 Å². The first-order chi connectivity index (χ1) is 7.77. The first kappa shape index (κ1) is 14.6. The van der Waals surface area contributed by atoms with Crippen molar-refractivity contribution in [3.05, 3.63) is 28.7 Å². The molecule has 96 valence electrons. The summed E-state index contributed by atoms with van der Waals surface area (Å²) in [5.41, 5.74) is -0.638. The SMILES string of the molecule is COCC(C)(C)NS(=O)(=O)c1ccc(Br)cc1. The van der Waals surface area contributed by atoms with E-state index in [2.05, 4.69) is 20.7 Å². The van der Waals surface area contributed by atoms with E-state index in [9.17, 15) is 8.42 Å². The van der Waals surface area contributed by atoms with Gasteiger partial charge in [0.2, 0.25) is 10.0 Å². The van der Waals surface area contributed by atoms with Crippen molar-refractivity contribution in [2.45, 2.75) is 24.3 Å². The van der Waals surface area contributed by atoms with E-state index in [1.54, 1.807) is 38.1 Å². The Bertz CT molecular complexity index is 468. The van der Waals surface area contributed by atoms with Crippen LogP contribution in [0.5, 0.6) is 0 Å². The Hall–Kier alpha value is -0.430. The topological polar surface area (TPSA) is 55.4 Å². The molecule has 1 aromatic rings. The van der Waals surface area contributed by atoms with Crippen LogP contribution >= 0.6 is 15.9 Å². The molecule has 17 heavy (non-hydrogen) atoms. The normalized spacial score (nSPS) is 12.7. The number of benzene rings is 1. The second kappa shape index (κ2) is 5.48. The summed E-state index contributed by atoms with van der Waals surface area (Å²) in [6, 6.07) is 6.49. The maximum atomic E-state index is 12.1. The lowest BCUT2D eigenvalue weighted by molar-refractivity contribution is 0.141. The quantitative estimate of drug-likeness (QED) is 0.904. The summed E-state index contributed by atoms with van der Waals surface area (Å²) in [5.74, 6) is 0. The fraction of sp³-hybridized carbons (Fsp3) is 0.455. The molecule has 4 nitrogen and oxygen atoms in total. The van der Waals surface area contributed by atoms with Gasteiger partial charge in [0.05, 0.1) is 17.0 Å². The lowest BCUT2D eigenvalue weighted by Crippen LogP contribution is -2.46. The highest BCUT2D eigenvalue weighted by molar-refractivity contribution is 9.10. The monoisotopic (exact) mass is 321 g/mol. The smallest absolute Gasteiger partial charge is 0.241 e. The van der Waals surface area contributed by atoms with Crippen LogP contribution in [0.15, 0.2) is 33.6 Å². The van der Waals surface area contributed by atoms with Crippen LogP contribution in [0.25, 0.3) is 0 Å². The van der Waals surface area contributed by atoms with Crippen LogP contribution in [0, 0.1) is 0 Å². The highest BCUT2D eigenvalue weighted by Gasteiger charge is 2.25. The lowest BCUT2D eigenvalue weighted by atomic mass is 10.1. The fourth-order valence-corrected chi connectivity index (χ4v) is 3.09. The third-order valence-electron chi connectivity index (χ3n) is 2.04. The number of rotatable bonds is 5. The molecule has 0 fully saturated rings. The zero-order valence-electron chi connectivity index (χ0n) is 10.0. The Morgan fingerprint density at radius 1 is 1.29 bits per heavy atom. The van der Waals surface area contributed by atoms with E-state index >= 15 is 0 Å². The number of halogens is 1. The van der Waals surface area contributed by atoms with Crippen molar-refractivity contribution in [1.82, 2.24) is 4.72 Å². The molecule has 0 aliphatic rings. The average Bonchev–Trinajstić information content (AvgIpc) is 2.16. The van der Waals surface area contributed by atoms with Gasteiger partial charge in [-0.3, -0.25) is 0 Å². The van der Waals surface area contributed by atoms with Gasteiger partial charge >= 0.3 is 0 Å². The highest BCUT2D eigenvalue weighted by atomic mass is 79.9. The van der Waals surface area contributed by atoms with Crippen LogP contribution in [0.4, 0.5) is 0 Å². The van der Waals surface area contributed by atoms with Gasteiger partial charge in [-0.25, -0.2) is 13.1 Å². The van der Waals surface area contributed by atoms with E-state index in [-0.39, 0.29) is 4.90 Å². The average molecular weight is 322 g/mol. The molecule has 0 aliphatic carbocycles. The second-order valence-electron chi connectivity index (χ2n) is 4.38. The third-order valence-corrected chi connectivity index (χ3v) is 4.28. The standard InChI is InChI=1S/C11H16BrNO3S/c1-11(2,8-16-3)13-17(14,15)10-6-4-9(12)5-7-10/h4-7,13H,8H2,1-3H3.